The number of allylic oxidation sites excluding steroid dienone is 1. The number of fused-ring (bicyclic) bond motifs is 4. The molecule has 9 nitrogen and oxygen atoms in total. The normalized spacial score (nSPS) is 17.1. The number of carbonyl (C=O) groups excluding carboxylic acids is 1. The van der Waals surface area contributed by atoms with Crippen LogP contribution in [0, 0.1) is 17.0 Å². The lowest BCUT2D eigenvalue weighted by atomic mass is 9.98. The van der Waals surface area contributed by atoms with Gasteiger partial charge in [-0.15, -0.1) is 0 Å². The predicted octanol–water partition coefficient (Wildman–Crippen LogP) is 4.60. The Morgan fingerprint density at radius 3 is 2.63 bits per heavy atom. The Bertz CT molecular complexity index is 1410. The van der Waals surface area contributed by atoms with Crippen LogP contribution in [0.15, 0.2) is 54.3 Å². The summed E-state index contributed by atoms with van der Waals surface area (Å²) in [7, 11) is 0. The van der Waals surface area contributed by atoms with E-state index in [-0.39, 0.29) is 24.0 Å². The minimum atomic E-state index is -0.463. The molecule has 0 bridgehead atoms. The van der Waals surface area contributed by atoms with Gasteiger partial charge < -0.3 is 18.9 Å². The molecular formula is C26H20N2O7. The Morgan fingerprint density at radius 1 is 1.03 bits per heavy atom. The second-order valence-electron chi connectivity index (χ2n) is 8.61. The lowest BCUT2D eigenvalue weighted by Crippen LogP contribution is -2.31. The van der Waals surface area contributed by atoms with E-state index >= 15 is 0 Å². The minimum Gasteiger partial charge on any atom is -0.478 e. The number of benzene rings is 3. The van der Waals surface area contributed by atoms with Crippen molar-refractivity contribution in [1.29, 1.82) is 0 Å². The van der Waals surface area contributed by atoms with Gasteiger partial charge in [0.25, 0.3) is 5.69 Å². The smallest absolute Gasteiger partial charge is 0.269 e. The van der Waals surface area contributed by atoms with E-state index in [1.807, 2.05) is 31.2 Å². The van der Waals surface area contributed by atoms with Gasteiger partial charge in [-0.05, 0) is 60.0 Å². The van der Waals surface area contributed by atoms with Crippen LogP contribution in [0.25, 0.3) is 6.08 Å². The van der Waals surface area contributed by atoms with Crippen LogP contribution in [0.4, 0.5) is 5.69 Å². The summed E-state index contributed by atoms with van der Waals surface area (Å²) in [5.41, 5.74) is 3.79. The summed E-state index contributed by atoms with van der Waals surface area (Å²) in [6.07, 6.45) is 1.60. The summed E-state index contributed by atoms with van der Waals surface area (Å²) in [5, 5.41) is 10.9. The van der Waals surface area contributed by atoms with E-state index in [4.69, 9.17) is 18.9 Å². The van der Waals surface area contributed by atoms with Crippen LogP contribution in [0.1, 0.15) is 32.6 Å². The molecule has 0 spiro atoms. The highest BCUT2D eigenvalue weighted by atomic mass is 16.7. The Balaban J connectivity index is 1.27. The fourth-order valence-corrected chi connectivity index (χ4v) is 4.52. The molecule has 0 saturated heterocycles. The van der Waals surface area contributed by atoms with Crippen molar-refractivity contribution < 1.29 is 28.7 Å². The molecule has 6 rings (SSSR count). The van der Waals surface area contributed by atoms with E-state index < -0.39 is 4.92 Å². The standard InChI is InChI=1S/C26H20N2O7/c1-15-8-21-19(12-27(13-32-21)11-17-4-7-20-22(10-17)34-14-33-20)26-24(15)25(29)23(35-26)9-16-2-5-18(6-3-16)28(30)31/h2-10H,11-14H2,1H3/b23-9-. The van der Waals surface area contributed by atoms with Crippen LogP contribution < -0.4 is 18.9 Å². The number of Topliss-reactive ketones (excluding diaryl/α,β-unsaturated/α-hetero) is 1. The maximum Gasteiger partial charge on any atom is 0.269 e. The average Bonchev–Trinajstić information content (AvgIpc) is 3.44. The predicted molar refractivity (Wildman–Crippen MR) is 125 cm³/mol. The average molecular weight is 472 g/mol. The zero-order valence-corrected chi connectivity index (χ0v) is 18.8. The zero-order valence-electron chi connectivity index (χ0n) is 18.8. The van der Waals surface area contributed by atoms with Gasteiger partial charge in [0.05, 0.1) is 16.1 Å². The molecule has 9 heteroatoms. The largest absolute Gasteiger partial charge is 0.478 e. The number of ketones is 1. The molecule has 3 heterocycles. The number of nitro benzene ring substituents is 1. The number of non-ortho nitro benzene ring substituents is 1. The van der Waals surface area contributed by atoms with E-state index in [0.717, 1.165) is 28.2 Å². The van der Waals surface area contributed by atoms with Gasteiger partial charge in [-0.25, -0.2) is 0 Å². The molecule has 0 amide bonds. The maximum absolute atomic E-state index is 13.2. The number of nitro groups is 1. The number of nitrogens with zero attached hydrogens (tertiary/aromatic N) is 2. The minimum absolute atomic E-state index is 0.0151. The number of ether oxygens (including phenoxy) is 4. The third-order valence-electron chi connectivity index (χ3n) is 6.23. The molecule has 0 aromatic heterocycles. The molecule has 3 aromatic carbocycles. The summed E-state index contributed by atoms with van der Waals surface area (Å²) in [6.45, 7) is 3.66. The SMILES string of the molecule is Cc1cc2c(c3c1C(=O)/C(=C/c1ccc([N+](=O)[O-])cc1)O3)CN(Cc1ccc3c(c1)OCO3)CO2. The zero-order chi connectivity index (χ0) is 24.1. The molecule has 3 aliphatic heterocycles. The molecule has 0 fully saturated rings. The Kier molecular flexibility index (Phi) is 4.93. The second kappa shape index (κ2) is 8.14. The lowest BCUT2D eigenvalue weighted by Gasteiger charge is -2.30. The highest BCUT2D eigenvalue weighted by Gasteiger charge is 2.35. The number of aryl methyl sites for hydroxylation is 1. The first-order chi connectivity index (χ1) is 17.0. The molecule has 3 aliphatic rings. The van der Waals surface area contributed by atoms with Crippen LogP contribution in [-0.2, 0) is 13.1 Å². The van der Waals surface area contributed by atoms with Crippen LogP contribution in [-0.4, -0.2) is 29.1 Å². The molecule has 0 unspecified atom stereocenters. The van der Waals surface area contributed by atoms with E-state index in [2.05, 4.69) is 4.90 Å². The first-order valence-electron chi connectivity index (χ1n) is 11.0. The highest BCUT2D eigenvalue weighted by Crippen LogP contribution is 2.44. The number of hydrogen-bond donors (Lipinski definition) is 0. The van der Waals surface area contributed by atoms with Crippen molar-refractivity contribution in [3.63, 3.8) is 0 Å². The topological polar surface area (TPSA) is 100 Å². The summed E-state index contributed by atoms with van der Waals surface area (Å²) < 4.78 is 23.0. The molecule has 0 N–H and O–H groups in total. The van der Waals surface area contributed by atoms with Gasteiger partial charge in [0.1, 0.15) is 18.2 Å². The van der Waals surface area contributed by atoms with Gasteiger partial charge in [-0.3, -0.25) is 19.8 Å². The van der Waals surface area contributed by atoms with Crippen LogP contribution in [0.2, 0.25) is 0 Å². The van der Waals surface area contributed by atoms with Crippen LogP contribution >= 0.6 is 0 Å². The third-order valence-corrected chi connectivity index (χ3v) is 6.23. The van der Waals surface area contributed by atoms with Gasteiger partial charge in [0.15, 0.2) is 17.3 Å². The summed E-state index contributed by atoms with van der Waals surface area (Å²) in [6, 6.07) is 13.7. The van der Waals surface area contributed by atoms with Gasteiger partial charge in [-0.1, -0.05) is 6.07 Å². The first-order valence-corrected chi connectivity index (χ1v) is 11.0. The van der Waals surface area contributed by atoms with Crippen molar-refractivity contribution in [1.82, 2.24) is 4.90 Å². The Morgan fingerprint density at radius 2 is 1.83 bits per heavy atom. The van der Waals surface area contributed by atoms with E-state index in [1.54, 1.807) is 18.2 Å². The first kappa shape index (κ1) is 21.2. The van der Waals surface area contributed by atoms with Gasteiger partial charge >= 0.3 is 0 Å². The fraction of sp³-hybridized carbons (Fsp3) is 0.192. The maximum atomic E-state index is 13.2. The molecule has 0 radical (unpaired) electrons. The second-order valence-corrected chi connectivity index (χ2v) is 8.61. The van der Waals surface area contributed by atoms with Gasteiger partial charge in [0.2, 0.25) is 12.6 Å². The number of rotatable bonds is 4. The molecule has 0 saturated carbocycles. The summed E-state index contributed by atoms with van der Waals surface area (Å²) in [5.74, 6) is 2.64. The van der Waals surface area contributed by atoms with E-state index in [0.29, 0.717) is 42.4 Å². The Hall–Kier alpha value is -4.37. The molecular weight excluding hydrogens is 452 g/mol. The summed E-state index contributed by atoms with van der Waals surface area (Å²) >= 11 is 0. The fourth-order valence-electron chi connectivity index (χ4n) is 4.52. The van der Waals surface area contributed by atoms with Crippen molar-refractivity contribution in [3.05, 3.63) is 92.2 Å². The van der Waals surface area contributed by atoms with E-state index in [9.17, 15) is 14.9 Å². The van der Waals surface area contributed by atoms with Crippen molar-refractivity contribution in [2.24, 2.45) is 0 Å². The number of carbonyl (C=O) groups is 1. The quantitative estimate of drug-likeness (QED) is 0.309. The van der Waals surface area contributed by atoms with Crippen molar-refractivity contribution >= 4 is 17.5 Å². The van der Waals surface area contributed by atoms with E-state index in [1.165, 1.54) is 12.1 Å². The molecule has 3 aromatic rings. The van der Waals surface area contributed by atoms with Crippen LogP contribution in [0.3, 0.4) is 0 Å². The van der Waals surface area contributed by atoms with Crippen molar-refractivity contribution in [2.45, 2.75) is 20.0 Å². The Labute approximate surface area is 200 Å². The molecule has 35 heavy (non-hydrogen) atoms. The van der Waals surface area contributed by atoms with Crippen LogP contribution in [0.5, 0.6) is 23.0 Å². The van der Waals surface area contributed by atoms with Crippen molar-refractivity contribution in [3.8, 4) is 23.0 Å². The molecule has 0 aliphatic carbocycles. The third kappa shape index (κ3) is 3.75. The van der Waals surface area contributed by atoms with Gasteiger partial charge in [0, 0.05) is 25.2 Å². The molecule has 176 valence electrons. The lowest BCUT2D eigenvalue weighted by molar-refractivity contribution is -0.384. The number of hydrogen-bond acceptors (Lipinski definition) is 8. The summed E-state index contributed by atoms with van der Waals surface area (Å²) in [4.78, 5) is 25.7. The molecule has 0 atom stereocenters. The van der Waals surface area contributed by atoms with Gasteiger partial charge in [-0.2, -0.15) is 0 Å². The monoisotopic (exact) mass is 472 g/mol. The van der Waals surface area contributed by atoms with Crippen molar-refractivity contribution in [2.75, 3.05) is 13.5 Å². The highest BCUT2D eigenvalue weighted by molar-refractivity contribution is 6.15.